The molecule has 3 heterocycles. The molecule has 0 amide bonds. The second kappa shape index (κ2) is 6.63. The monoisotopic (exact) mass is 403 g/mol. The third-order valence-corrected chi connectivity index (χ3v) is 8.89. The van der Waals surface area contributed by atoms with Crippen LogP contribution in [0.15, 0.2) is 11.6 Å². The number of carbonyl (C=O) groups is 2. The van der Waals surface area contributed by atoms with Gasteiger partial charge in [-0.05, 0) is 49.5 Å². The van der Waals surface area contributed by atoms with Gasteiger partial charge in [0.05, 0.1) is 19.1 Å². The van der Waals surface area contributed by atoms with Crippen molar-refractivity contribution in [1.29, 1.82) is 0 Å². The van der Waals surface area contributed by atoms with Crippen LogP contribution in [0.1, 0.15) is 46.5 Å². The van der Waals surface area contributed by atoms with Gasteiger partial charge in [-0.25, -0.2) is 0 Å². The van der Waals surface area contributed by atoms with E-state index in [1.165, 1.54) is 0 Å². The van der Waals surface area contributed by atoms with E-state index in [4.69, 9.17) is 9.47 Å². The van der Waals surface area contributed by atoms with Crippen molar-refractivity contribution in [3.05, 3.63) is 11.6 Å². The molecule has 0 unspecified atom stereocenters. The molecule has 0 aromatic heterocycles. The maximum absolute atomic E-state index is 13.3. The maximum atomic E-state index is 13.3. The highest BCUT2D eigenvalue weighted by atomic mass is 16.6. The Hall–Kier alpha value is -1.24. The predicted octanol–water partition coefficient (Wildman–Crippen LogP) is 2.16. The van der Waals surface area contributed by atoms with Gasteiger partial charge < -0.3 is 14.6 Å². The Kier molecular flexibility index (Phi) is 4.50. The predicted molar refractivity (Wildman–Crippen MR) is 106 cm³/mol. The average molecular weight is 404 g/mol. The quantitative estimate of drug-likeness (QED) is 0.712. The van der Waals surface area contributed by atoms with Crippen molar-refractivity contribution in [3.8, 4) is 0 Å². The van der Waals surface area contributed by atoms with E-state index in [9.17, 15) is 14.7 Å². The molecule has 3 saturated heterocycles. The zero-order valence-corrected chi connectivity index (χ0v) is 17.7. The number of ether oxygens (including phenoxy) is 2. The number of rotatable bonds is 2. The summed E-state index contributed by atoms with van der Waals surface area (Å²) in [4.78, 5) is 28.5. The number of hydrogen-bond acceptors (Lipinski definition) is 6. The van der Waals surface area contributed by atoms with Crippen LogP contribution in [0.2, 0.25) is 0 Å². The molecular weight excluding hydrogens is 370 g/mol. The number of esters is 1. The third-order valence-electron chi connectivity index (χ3n) is 8.89. The third kappa shape index (κ3) is 2.64. The van der Waals surface area contributed by atoms with E-state index in [2.05, 4.69) is 18.7 Å². The first-order valence-electron chi connectivity index (χ1n) is 11.3. The number of aliphatic hydroxyl groups is 1. The lowest BCUT2D eigenvalue weighted by Crippen LogP contribution is -2.56. The second-order valence-electron chi connectivity index (χ2n) is 10.2. The van der Waals surface area contributed by atoms with Gasteiger partial charge in [0.2, 0.25) is 0 Å². The van der Waals surface area contributed by atoms with Gasteiger partial charge >= 0.3 is 5.97 Å². The van der Waals surface area contributed by atoms with Crippen molar-refractivity contribution in [2.45, 2.75) is 58.3 Å². The van der Waals surface area contributed by atoms with Crippen LogP contribution >= 0.6 is 0 Å². The second-order valence-corrected chi connectivity index (χ2v) is 10.2. The van der Waals surface area contributed by atoms with E-state index in [0.29, 0.717) is 25.6 Å². The van der Waals surface area contributed by atoms with Crippen molar-refractivity contribution < 1.29 is 24.2 Å². The number of fused-ring (bicyclic) bond motifs is 4. The Labute approximate surface area is 172 Å². The lowest BCUT2D eigenvalue weighted by molar-refractivity contribution is -0.253. The summed E-state index contributed by atoms with van der Waals surface area (Å²) in [7, 11) is 0. The summed E-state index contributed by atoms with van der Waals surface area (Å²) in [5.74, 6) is -1.23. The maximum Gasteiger partial charge on any atom is 0.309 e. The normalized spacial score (nSPS) is 49.0. The number of piperidine rings is 1. The van der Waals surface area contributed by atoms with Gasteiger partial charge in [-0.15, -0.1) is 0 Å². The van der Waals surface area contributed by atoms with E-state index < -0.39 is 5.79 Å². The average Bonchev–Trinajstić information content (AvgIpc) is 3.12. The molecule has 0 bridgehead atoms. The summed E-state index contributed by atoms with van der Waals surface area (Å²) in [6, 6.07) is 0.157. The summed E-state index contributed by atoms with van der Waals surface area (Å²) >= 11 is 0. The molecular formula is C23H33NO5. The van der Waals surface area contributed by atoms with Gasteiger partial charge in [-0.3, -0.25) is 14.5 Å². The number of carbonyl (C=O) groups excluding carboxylic acids is 2. The van der Waals surface area contributed by atoms with Crippen LogP contribution in [-0.2, 0) is 19.1 Å². The fraction of sp³-hybridized carbons (Fsp3) is 0.826. The first kappa shape index (κ1) is 19.7. The van der Waals surface area contributed by atoms with Gasteiger partial charge in [0.25, 0.3) is 0 Å². The van der Waals surface area contributed by atoms with Crippen LogP contribution in [0.4, 0.5) is 0 Å². The van der Waals surface area contributed by atoms with E-state index in [0.717, 1.165) is 37.9 Å². The minimum absolute atomic E-state index is 0.102. The standard InChI is InChI=1S/C23H33NO5/c1-4-28-21(26)16-10-18-22(3)15(12-24(18)11-13(16)2)5-7-23(27)19-14(6-8-29-23)9-17(25)20(19)22/h9,13,15-16,18-20,27H,4-8,10-12H2,1-3H3/t13-,15-,16-,18-,19+,20+,22-,23+/m1/s1. The van der Waals surface area contributed by atoms with E-state index in [-0.39, 0.29) is 46.9 Å². The van der Waals surface area contributed by atoms with Crippen LogP contribution in [0.25, 0.3) is 0 Å². The molecule has 0 aromatic carbocycles. The molecule has 2 aliphatic carbocycles. The van der Waals surface area contributed by atoms with Gasteiger partial charge in [-0.1, -0.05) is 19.4 Å². The zero-order chi connectivity index (χ0) is 20.6. The SMILES string of the molecule is CCOC(=O)[C@@H]1C[C@H]2N(C[C@H]3CC[C@]4(O)OCCC5=CC(=O)[C@@H]([C@H]54)[C@]32C)C[C@H]1C. The van der Waals surface area contributed by atoms with Crippen LogP contribution in [0.3, 0.4) is 0 Å². The first-order valence-corrected chi connectivity index (χ1v) is 11.3. The summed E-state index contributed by atoms with van der Waals surface area (Å²) in [5, 5.41) is 11.4. The molecule has 160 valence electrons. The summed E-state index contributed by atoms with van der Waals surface area (Å²) < 4.78 is 11.3. The molecule has 1 saturated carbocycles. The topological polar surface area (TPSA) is 76.1 Å². The van der Waals surface area contributed by atoms with Crippen LogP contribution in [-0.4, -0.2) is 59.9 Å². The van der Waals surface area contributed by atoms with Crippen molar-refractivity contribution >= 4 is 11.8 Å². The van der Waals surface area contributed by atoms with Gasteiger partial charge in [0.1, 0.15) is 0 Å². The largest absolute Gasteiger partial charge is 0.466 e. The Morgan fingerprint density at radius 1 is 1.38 bits per heavy atom. The highest BCUT2D eigenvalue weighted by molar-refractivity contribution is 5.97. The van der Waals surface area contributed by atoms with E-state index >= 15 is 0 Å². The lowest BCUT2D eigenvalue weighted by Gasteiger charge is -2.49. The molecule has 1 N–H and O–H groups in total. The van der Waals surface area contributed by atoms with E-state index in [1.807, 2.05) is 6.92 Å². The Morgan fingerprint density at radius 3 is 2.93 bits per heavy atom. The summed E-state index contributed by atoms with van der Waals surface area (Å²) in [6.45, 7) is 8.93. The molecule has 4 fully saturated rings. The van der Waals surface area contributed by atoms with Crippen LogP contribution in [0, 0.1) is 35.0 Å². The number of allylic oxidation sites excluding steroid dienone is 1. The minimum Gasteiger partial charge on any atom is -0.466 e. The first-order chi connectivity index (χ1) is 13.8. The molecule has 8 atom stereocenters. The molecule has 0 radical (unpaired) electrons. The van der Waals surface area contributed by atoms with Crippen LogP contribution in [0.5, 0.6) is 0 Å². The van der Waals surface area contributed by atoms with Crippen molar-refractivity contribution in [2.75, 3.05) is 26.3 Å². The van der Waals surface area contributed by atoms with Gasteiger partial charge in [0, 0.05) is 37.4 Å². The Balaban J connectivity index is 1.53. The van der Waals surface area contributed by atoms with E-state index in [1.54, 1.807) is 6.08 Å². The van der Waals surface area contributed by atoms with Gasteiger partial charge in [-0.2, -0.15) is 0 Å². The number of ketones is 1. The highest BCUT2D eigenvalue weighted by Crippen LogP contribution is 2.63. The Morgan fingerprint density at radius 2 is 2.17 bits per heavy atom. The van der Waals surface area contributed by atoms with Crippen molar-refractivity contribution in [3.63, 3.8) is 0 Å². The smallest absolute Gasteiger partial charge is 0.309 e. The lowest BCUT2D eigenvalue weighted by atomic mass is 9.59. The molecule has 6 heteroatoms. The fourth-order valence-electron chi connectivity index (χ4n) is 7.52. The molecule has 6 nitrogen and oxygen atoms in total. The van der Waals surface area contributed by atoms with Crippen molar-refractivity contribution in [2.24, 2.45) is 35.0 Å². The van der Waals surface area contributed by atoms with Crippen LogP contribution < -0.4 is 0 Å². The number of nitrogens with zero attached hydrogens (tertiary/aromatic N) is 1. The molecule has 0 spiro atoms. The molecule has 3 aliphatic heterocycles. The van der Waals surface area contributed by atoms with Gasteiger partial charge in [0.15, 0.2) is 11.6 Å². The molecule has 29 heavy (non-hydrogen) atoms. The number of hydrogen-bond donors (Lipinski definition) is 1. The Bertz CT molecular complexity index is 764. The minimum atomic E-state index is -1.22. The molecule has 5 aliphatic rings. The summed E-state index contributed by atoms with van der Waals surface area (Å²) in [5.41, 5.74) is 0.802. The molecule has 0 aromatic rings. The zero-order valence-electron chi connectivity index (χ0n) is 17.7. The molecule has 5 rings (SSSR count). The summed E-state index contributed by atoms with van der Waals surface area (Å²) in [6.07, 6.45) is 4.70. The van der Waals surface area contributed by atoms with Crippen molar-refractivity contribution in [1.82, 2.24) is 4.90 Å². The highest BCUT2D eigenvalue weighted by Gasteiger charge is 2.67. The fourth-order valence-corrected chi connectivity index (χ4v) is 7.52.